The zero-order valence-electron chi connectivity index (χ0n) is 6.27. The molecular weight excluding hydrogens is 146 g/mol. The zero-order chi connectivity index (χ0) is 8.27. The maximum absolute atomic E-state index is 12.8. The van der Waals surface area contributed by atoms with Crippen LogP contribution in [0.4, 0.5) is 8.78 Å². The molecule has 1 aromatic rings. The minimum atomic E-state index is -0.469. The fourth-order valence-corrected chi connectivity index (χ4v) is 0.931. The second-order valence-electron chi connectivity index (χ2n) is 2.31. The molecule has 0 aromatic heterocycles. The van der Waals surface area contributed by atoms with E-state index in [0.717, 1.165) is 0 Å². The lowest BCUT2D eigenvalue weighted by molar-refractivity contribution is 0.560. The normalized spacial score (nSPS) is 10.1. The number of benzene rings is 1. The SMILES string of the molecule is C[CH]Cc1c(F)cccc1F. The highest BCUT2D eigenvalue weighted by Crippen LogP contribution is 2.12. The summed E-state index contributed by atoms with van der Waals surface area (Å²) in [5.41, 5.74) is 0.148. The first kappa shape index (κ1) is 8.18. The van der Waals surface area contributed by atoms with E-state index in [9.17, 15) is 8.78 Å². The van der Waals surface area contributed by atoms with Gasteiger partial charge in [-0.25, -0.2) is 8.78 Å². The standard InChI is InChI=1S/C9H9F2/c1-2-4-7-8(10)5-3-6-9(7)11/h2-3,5-6H,4H2,1H3. The third-order valence-corrected chi connectivity index (χ3v) is 1.47. The molecule has 1 rings (SSSR count). The number of hydrogen-bond donors (Lipinski definition) is 0. The van der Waals surface area contributed by atoms with Crippen molar-refractivity contribution in [2.75, 3.05) is 0 Å². The first-order chi connectivity index (χ1) is 5.25. The number of halogens is 2. The molecule has 0 N–H and O–H groups in total. The summed E-state index contributed by atoms with van der Waals surface area (Å²) in [4.78, 5) is 0. The molecule has 59 valence electrons. The van der Waals surface area contributed by atoms with Crippen molar-refractivity contribution >= 4 is 0 Å². The molecule has 0 saturated carbocycles. The monoisotopic (exact) mass is 155 g/mol. The van der Waals surface area contributed by atoms with Crippen LogP contribution in [0.25, 0.3) is 0 Å². The summed E-state index contributed by atoms with van der Waals surface area (Å²) >= 11 is 0. The van der Waals surface area contributed by atoms with E-state index in [0.29, 0.717) is 6.42 Å². The molecule has 0 aliphatic rings. The van der Waals surface area contributed by atoms with Crippen molar-refractivity contribution in [2.45, 2.75) is 13.3 Å². The molecule has 0 amide bonds. The molecule has 0 nitrogen and oxygen atoms in total. The predicted molar refractivity (Wildman–Crippen MR) is 40.0 cm³/mol. The van der Waals surface area contributed by atoms with Crippen LogP contribution >= 0.6 is 0 Å². The van der Waals surface area contributed by atoms with Crippen LogP contribution in [0.15, 0.2) is 18.2 Å². The van der Waals surface area contributed by atoms with Crippen LogP contribution in [0.5, 0.6) is 0 Å². The van der Waals surface area contributed by atoms with Gasteiger partial charge in [0.25, 0.3) is 0 Å². The maximum Gasteiger partial charge on any atom is 0.129 e. The van der Waals surface area contributed by atoms with E-state index in [1.165, 1.54) is 18.2 Å². The quantitative estimate of drug-likeness (QED) is 0.616. The second kappa shape index (κ2) is 3.46. The van der Waals surface area contributed by atoms with Gasteiger partial charge in [-0.05, 0) is 25.0 Å². The van der Waals surface area contributed by atoms with E-state index in [-0.39, 0.29) is 5.56 Å². The minimum Gasteiger partial charge on any atom is -0.207 e. The number of rotatable bonds is 2. The van der Waals surface area contributed by atoms with E-state index in [2.05, 4.69) is 0 Å². The Morgan fingerprint density at radius 2 is 1.82 bits per heavy atom. The summed E-state index contributed by atoms with van der Waals surface area (Å²) in [6.07, 6.45) is 2.07. The van der Waals surface area contributed by atoms with Crippen LogP contribution in [0, 0.1) is 18.1 Å². The van der Waals surface area contributed by atoms with Gasteiger partial charge in [-0.1, -0.05) is 13.0 Å². The first-order valence-electron chi connectivity index (χ1n) is 3.46. The Morgan fingerprint density at radius 3 is 2.27 bits per heavy atom. The second-order valence-corrected chi connectivity index (χ2v) is 2.31. The Labute approximate surface area is 64.9 Å². The highest BCUT2D eigenvalue weighted by Gasteiger charge is 2.05. The van der Waals surface area contributed by atoms with Crippen molar-refractivity contribution in [3.8, 4) is 0 Å². The molecule has 0 saturated heterocycles. The Hall–Kier alpha value is -0.920. The summed E-state index contributed by atoms with van der Waals surface area (Å²) in [5.74, 6) is -0.939. The van der Waals surface area contributed by atoms with E-state index < -0.39 is 11.6 Å². The zero-order valence-corrected chi connectivity index (χ0v) is 6.27. The summed E-state index contributed by atoms with van der Waals surface area (Å²) in [6, 6.07) is 3.90. The summed E-state index contributed by atoms with van der Waals surface area (Å²) < 4.78 is 25.6. The van der Waals surface area contributed by atoms with Gasteiger partial charge in [-0.3, -0.25) is 0 Å². The average molecular weight is 155 g/mol. The van der Waals surface area contributed by atoms with Gasteiger partial charge in [0.1, 0.15) is 11.6 Å². The van der Waals surface area contributed by atoms with Crippen molar-refractivity contribution in [1.29, 1.82) is 0 Å². The van der Waals surface area contributed by atoms with Gasteiger partial charge in [0.05, 0.1) is 0 Å². The third kappa shape index (κ3) is 1.76. The first-order valence-corrected chi connectivity index (χ1v) is 3.46. The van der Waals surface area contributed by atoms with Crippen molar-refractivity contribution in [3.05, 3.63) is 41.8 Å². The van der Waals surface area contributed by atoms with Crippen LogP contribution in [-0.2, 0) is 6.42 Å². The van der Waals surface area contributed by atoms with Crippen LogP contribution in [-0.4, -0.2) is 0 Å². The fraction of sp³-hybridized carbons (Fsp3) is 0.222. The molecule has 1 radical (unpaired) electrons. The Bertz CT molecular complexity index is 223. The van der Waals surface area contributed by atoms with Crippen LogP contribution in [0.3, 0.4) is 0 Å². The minimum absolute atomic E-state index is 0.148. The van der Waals surface area contributed by atoms with Crippen molar-refractivity contribution < 1.29 is 8.78 Å². The molecule has 0 aliphatic heterocycles. The largest absolute Gasteiger partial charge is 0.207 e. The molecule has 0 bridgehead atoms. The van der Waals surface area contributed by atoms with Gasteiger partial charge in [-0.2, -0.15) is 0 Å². The molecule has 0 aliphatic carbocycles. The van der Waals surface area contributed by atoms with Crippen molar-refractivity contribution in [3.63, 3.8) is 0 Å². The molecule has 11 heavy (non-hydrogen) atoms. The lowest BCUT2D eigenvalue weighted by Crippen LogP contribution is -1.94. The van der Waals surface area contributed by atoms with E-state index >= 15 is 0 Å². The smallest absolute Gasteiger partial charge is 0.129 e. The molecule has 0 atom stereocenters. The third-order valence-electron chi connectivity index (χ3n) is 1.47. The summed E-state index contributed by atoms with van der Waals surface area (Å²) in [7, 11) is 0. The van der Waals surface area contributed by atoms with Gasteiger partial charge >= 0.3 is 0 Å². The van der Waals surface area contributed by atoms with Gasteiger partial charge in [-0.15, -0.1) is 0 Å². The molecule has 0 spiro atoms. The lowest BCUT2D eigenvalue weighted by Gasteiger charge is -2.00. The van der Waals surface area contributed by atoms with Crippen molar-refractivity contribution in [2.24, 2.45) is 0 Å². The van der Waals surface area contributed by atoms with E-state index in [1.807, 2.05) is 0 Å². The molecular formula is C9H9F2. The van der Waals surface area contributed by atoms with Crippen LogP contribution in [0.1, 0.15) is 12.5 Å². The molecule has 0 unspecified atom stereocenters. The molecule has 0 heterocycles. The van der Waals surface area contributed by atoms with E-state index in [4.69, 9.17) is 0 Å². The van der Waals surface area contributed by atoms with E-state index in [1.54, 1.807) is 13.3 Å². The lowest BCUT2D eigenvalue weighted by atomic mass is 10.1. The van der Waals surface area contributed by atoms with Gasteiger partial charge in [0, 0.05) is 5.56 Å². The Balaban J connectivity index is 3.00. The highest BCUT2D eigenvalue weighted by atomic mass is 19.1. The van der Waals surface area contributed by atoms with Crippen LogP contribution in [0.2, 0.25) is 0 Å². The van der Waals surface area contributed by atoms with Gasteiger partial charge < -0.3 is 0 Å². The molecule has 1 aromatic carbocycles. The van der Waals surface area contributed by atoms with Crippen LogP contribution < -0.4 is 0 Å². The Morgan fingerprint density at radius 1 is 1.27 bits per heavy atom. The highest BCUT2D eigenvalue weighted by molar-refractivity contribution is 5.20. The molecule has 0 fully saturated rings. The van der Waals surface area contributed by atoms with Gasteiger partial charge in [0.2, 0.25) is 0 Å². The molecule has 2 heteroatoms. The summed E-state index contributed by atoms with van der Waals surface area (Å²) in [5, 5.41) is 0. The van der Waals surface area contributed by atoms with Crippen molar-refractivity contribution in [1.82, 2.24) is 0 Å². The average Bonchev–Trinajstić information content (AvgIpc) is 1.97. The maximum atomic E-state index is 12.8. The number of hydrogen-bond acceptors (Lipinski definition) is 0. The topological polar surface area (TPSA) is 0 Å². The summed E-state index contributed by atoms with van der Waals surface area (Å²) in [6.45, 7) is 1.77. The Kier molecular flexibility index (Phi) is 2.58. The van der Waals surface area contributed by atoms with Gasteiger partial charge in [0.15, 0.2) is 0 Å². The predicted octanol–water partition coefficient (Wildman–Crippen LogP) is 2.73. The fourth-order valence-electron chi connectivity index (χ4n) is 0.931.